The Labute approximate surface area is 165 Å². The van der Waals surface area contributed by atoms with E-state index in [1.807, 2.05) is 25.1 Å². The highest BCUT2D eigenvalue weighted by Crippen LogP contribution is 2.40. The molecule has 7 heteroatoms. The van der Waals surface area contributed by atoms with Crippen molar-refractivity contribution in [2.24, 2.45) is 0 Å². The van der Waals surface area contributed by atoms with Gasteiger partial charge in [-0.3, -0.25) is 4.79 Å². The number of amides is 1. The van der Waals surface area contributed by atoms with Gasteiger partial charge in [0.1, 0.15) is 11.5 Å². The Morgan fingerprint density at radius 2 is 1.50 bits per heavy atom. The lowest BCUT2D eigenvalue weighted by Crippen LogP contribution is -2.28. The van der Waals surface area contributed by atoms with Gasteiger partial charge in [-0.1, -0.05) is 6.07 Å². The average Bonchev–Trinajstić information content (AvgIpc) is 2.72. The second kappa shape index (κ2) is 9.73. The number of carbonyl (C=O) groups excluding carboxylic acids is 1. The van der Waals surface area contributed by atoms with E-state index in [0.717, 1.165) is 5.56 Å². The molecule has 1 atom stereocenters. The lowest BCUT2D eigenvalue weighted by molar-refractivity contribution is -0.121. The molecule has 2 rings (SSSR count). The van der Waals surface area contributed by atoms with E-state index in [9.17, 15) is 4.79 Å². The van der Waals surface area contributed by atoms with Crippen LogP contribution in [0.1, 0.15) is 24.1 Å². The summed E-state index contributed by atoms with van der Waals surface area (Å²) >= 11 is 0. The fourth-order valence-corrected chi connectivity index (χ4v) is 3.02. The fourth-order valence-electron chi connectivity index (χ4n) is 3.02. The molecule has 7 nitrogen and oxygen atoms in total. The van der Waals surface area contributed by atoms with Gasteiger partial charge < -0.3 is 29.0 Å². The van der Waals surface area contributed by atoms with Crippen LogP contribution in [0.25, 0.3) is 0 Å². The van der Waals surface area contributed by atoms with Crippen molar-refractivity contribution >= 4 is 5.91 Å². The third-order valence-corrected chi connectivity index (χ3v) is 4.42. The smallest absolute Gasteiger partial charge is 0.225 e. The largest absolute Gasteiger partial charge is 0.497 e. The first-order valence-corrected chi connectivity index (χ1v) is 8.78. The quantitative estimate of drug-likeness (QED) is 0.710. The molecule has 0 radical (unpaired) electrons. The van der Waals surface area contributed by atoms with Crippen molar-refractivity contribution in [1.29, 1.82) is 0 Å². The maximum atomic E-state index is 12.7. The summed E-state index contributed by atoms with van der Waals surface area (Å²) in [6.07, 6.45) is 0.125. The third-order valence-electron chi connectivity index (χ3n) is 4.42. The molecule has 2 aromatic rings. The van der Waals surface area contributed by atoms with Gasteiger partial charge in [0.15, 0.2) is 11.5 Å². The van der Waals surface area contributed by atoms with Crippen LogP contribution in [0.4, 0.5) is 0 Å². The Hall–Kier alpha value is -3.09. The summed E-state index contributed by atoms with van der Waals surface area (Å²) < 4.78 is 26.8. The summed E-state index contributed by atoms with van der Waals surface area (Å²) in [5.41, 5.74) is 1.52. The summed E-state index contributed by atoms with van der Waals surface area (Å²) in [6, 6.07) is 8.73. The van der Waals surface area contributed by atoms with Crippen molar-refractivity contribution in [2.45, 2.75) is 19.4 Å². The molecule has 0 unspecified atom stereocenters. The van der Waals surface area contributed by atoms with Crippen LogP contribution in [0, 0.1) is 0 Å². The van der Waals surface area contributed by atoms with E-state index in [-0.39, 0.29) is 18.4 Å². The number of hydrogen-bond acceptors (Lipinski definition) is 6. The van der Waals surface area contributed by atoms with Crippen LogP contribution in [0.2, 0.25) is 0 Å². The minimum atomic E-state index is -0.274. The highest BCUT2D eigenvalue weighted by molar-refractivity contribution is 5.80. The van der Waals surface area contributed by atoms with Gasteiger partial charge in [0, 0.05) is 11.1 Å². The maximum Gasteiger partial charge on any atom is 0.225 e. The highest BCUT2D eigenvalue weighted by Gasteiger charge is 2.20. The Morgan fingerprint density at radius 3 is 2.07 bits per heavy atom. The van der Waals surface area contributed by atoms with E-state index >= 15 is 0 Å². The number of carbonyl (C=O) groups is 1. The summed E-state index contributed by atoms with van der Waals surface area (Å²) in [5, 5.41) is 2.99. The topological polar surface area (TPSA) is 75.3 Å². The number of ether oxygens (including phenoxy) is 5. The zero-order valence-electron chi connectivity index (χ0n) is 17.1. The minimum Gasteiger partial charge on any atom is -0.497 e. The second-order valence-electron chi connectivity index (χ2n) is 6.07. The van der Waals surface area contributed by atoms with Crippen molar-refractivity contribution in [2.75, 3.05) is 35.5 Å². The number of nitrogens with one attached hydrogen (secondary N) is 1. The van der Waals surface area contributed by atoms with Crippen molar-refractivity contribution in [3.05, 3.63) is 41.5 Å². The lowest BCUT2D eigenvalue weighted by atomic mass is 10.0. The summed E-state index contributed by atoms with van der Waals surface area (Å²) in [6.45, 7) is 1.89. The Morgan fingerprint density at radius 1 is 0.857 bits per heavy atom. The molecule has 28 heavy (non-hydrogen) atoms. The van der Waals surface area contributed by atoms with Crippen LogP contribution in [0.3, 0.4) is 0 Å². The first kappa shape index (κ1) is 21.2. The average molecular weight is 389 g/mol. The summed E-state index contributed by atoms with van der Waals surface area (Å²) in [4.78, 5) is 12.7. The SMILES string of the molecule is COc1ccc(OC)c([C@@H](C)NC(=O)Cc2ccc(OC)c(OC)c2OC)c1. The van der Waals surface area contributed by atoms with Crippen molar-refractivity contribution in [1.82, 2.24) is 5.32 Å². The predicted molar refractivity (Wildman–Crippen MR) is 106 cm³/mol. The van der Waals surface area contributed by atoms with Gasteiger partial charge >= 0.3 is 0 Å². The van der Waals surface area contributed by atoms with E-state index < -0.39 is 0 Å². The molecule has 2 aromatic carbocycles. The minimum absolute atomic E-state index is 0.125. The first-order valence-electron chi connectivity index (χ1n) is 8.78. The Kier molecular flexibility index (Phi) is 7.37. The fraction of sp³-hybridized carbons (Fsp3) is 0.381. The summed E-state index contributed by atoms with van der Waals surface area (Å²) in [5.74, 6) is 2.68. The standard InChI is InChI=1S/C21H27NO6/c1-13(16-12-15(24-2)8-10-17(16)25-3)22-19(23)11-14-7-9-18(26-4)21(28-6)20(14)27-5/h7-10,12-13H,11H2,1-6H3,(H,22,23)/t13-/m1/s1. The van der Waals surface area contributed by atoms with Crippen LogP contribution < -0.4 is 29.0 Å². The molecule has 152 valence electrons. The Bertz CT molecular complexity index is 821. The normalized spacial score (nSPS) is 11.4. The zero-order chi connectivity index (χ0) is 20.7. The molecule has 1 N–H and O–H groups in total. The number of methoxy groups -OCH3 is 5. The number of benzene rings is 2. The van der Waals surface area contributed by atoms with E-state index in [0.29, 0.717) is 34.3 Å². The third kappa shape index (κ3) is 4.60. The lowest BCUT2D eigenvalue weighted by Gasteiger charge is -2.19. The van der Waals surface area contributed by atoms with Gasteiger partial charge in [-0.2, -0.15) is 0 Å². The molecule has 0 fully saturated rings. The highest BCUT2D eigenvalue weighted by atomic mass is 16.5. The van der Waals surface area contributed by atoms with Gasteiger partial charge in [-0.15, -0.1) is 0 Å². The first-order chi connectivity index (χ1) is 13.5. The maximum absolute atomic E-state index is 12.7. The zero-order valence-corrected chi connectivity index (χ0v) is 17.1. The molecular weight excluding hydrogens is 362 g/mol. The Balaban J connectivity index is 2.21. The van der Waals surface area contributed by atoms with Crippen LogP contribution in [-0.4, -0.2) is 41.5 Å². The van der Waals surface area contributed by atoms with Gasteiger partial charge in [-0.05, 0) is 31.2 Å². The molecule has 0 bridgehead atoms. The molecule has 0 aliphatic carbocycles. The van der Waals surface area contributed by atoms with Gasteiger partial charge in [0.2, 0.25) is 11.7 Å². The molecule has 0 aromatic heterocycles. The molecular formula is C21H27NO6. The van der Waals surface area contributed by atoms with Gasteiger partial charge in [0.25, 0.3) is 0 Å². The second-order valence-corrected chi connectivity index (χ2v) is 6.07. The molecule has 0 saturated heterocycles. The monoisotopic (exact) mass is 389 g/mol. The predicted octanol–water partition coefficient (Wildman–Crippen LogP) is 3.15. The van der Waals surface area contributed by atoms with Gasteiger partial charge in [0.05, 0.1) is 48.0 Å². The molecule has 0 aliphatic heterocycles. The van der Waals surface area contributed by atoms with Crippen LogP contribution in [0.15, 0.2) is 30.3 Å². The van der Waals surface area contributed by atoms with E-state index in [1.165, 1.54) is 14.2 Å². The van der Waals surface area contributed by atoms with Crippen LogP contribution in [-0.2, 0) is 11.2 Å². The van der Waals surface area contributed by atoms with Gasteiger partial charge in [-0.25, -0.2) is 0 Å². The van der Waals surface area contributed by atoms with E-state index in [1.54, 1.807) is 33.5 Å². The van der Waals surface area contributed by atoms with Crippen molar-refractivity contribution in [3.8, 4) is 28.7 Å². The number of rotatable bonds is 9. The van der Waals surface area contributed by atoms with Crippen LogP contribution >= 0.6 is 0 Å². The van der Waals surface area contributed by atoms with Crippen molar-refractivity contribution in [3.63, 3.8) is 0 Å². The molecule has 0 saturated carbocycles. The molecule has 0 aliphatic rings. The van der Waals surface area contributed by atoms with E-state index in [4.69, 9.17) is 23.7 Å². The molecule has 1 amide bonds. The van der Waals surface area contributed by atoms with Crippen molar-refractivity contribution < 1.29 is 28.5 Å². The van der Waals surface area contributed by atoms with Crippen LogP contribution in [0.5, 0.6) is 28.7 Å². The van der Waals surface area contributed by atoms with E-state index in [2.05, 4.69) is 5.32 Å². The molecule has 0 heterocycles. The number of hydrogen-bond donors (Lipinski definition) is 1. The summed E-state index contributed by atoms with van der Waals surface area (Å²) in [7, 11) is 7.79. The molecule has 0 spiro atoms.